The number of rotatable bonds is 5. The van der Waals surface area contributed by atoms with Gasteiger partial charge in [-0.05, 0) is 0 Å². The number of aliphatic hydroxyl groups excluding tert-OH is 1. The van der Waals surface area contributed by atoms with Crippen LogP contribution in [0.3, 0.4) is 0 Å². The standard InChI is InChI=1S/C14H21NO9/c1-6(16)15-11-13(23-9(4)19)12(22-8(3)18)10(24-14(11)20)5-21-7(2)17/h10-14,20H,5H2,1-4H3,(H,15,16)/t10-,11-,12+,13+,14-/m0/s1. The van der Waals surface area contributed by atoms with Crippen LogP contribution < -0.4 is 5.32 Å². The maximum atomic E-state index is 11.4. The zero-order chi connectivity index (χ0) is 18.4. The minimum absolute atomic E-state index is 0.338. The molecule has 24 heavy (non-hydrogen) atoms. The van der Waals surface area contributed by atoms with Crippen LogP contribution in [0.5, 0.6) is 0 Å². The summed E-state index contributed by atoms with van der Waals surface area (Å²) in [4.78, 5) is 45.0. The third-order valence-corrected chi connectivity index (χ3v) is 3.09. The van der Waals surface area contributed by atoms with Crippen LogP contribution in [0.2, 0.25) is 0 Å². The molecule has 1 saturated heterocycles. The molecular formula is C14H21NO9. The second-order valence-corrected chi connectivity index (χ2v) is 5.24. The minimum atomic E-state index is -1.56. The van der Waals surface area contributed by atoms with Crippen molar-refractivity contribution < 1.29 is 43.2 Å². The molecular weight excluding hydrogens is 326 g/mol. The van der Waals surface area contributed by atoms with Gasteiger partial charge in [-0.25, -0.2) is 0 Å². The summed E-state index contributed by atoms with van der Waals surface area (Å²) in [6.07, 6.45) is -5.06. The highest BCUT2D eigenvalue weighted by Crippen LogP contribution is 2.26. The smallest absolute Gasteiger partial charge is 0.303 e. The van der Waals surface area contributed by atoms with Gasteiger partial charge in [0.1, 0.15) is 18.8 Å². The summed E-state index contributed by atoms with van der Waals surface area (Å²) in [5, 5.41) is 12.5. The Bertz CT molecular complexity index is 506. The molecule has 10 nitrogen and oxygen atoms in total. The molecule has 0 aromatic carbocycles. The van der Waals surface area contributed by atoms with Crippen LogP contribution in [0.15, 0.2) is 0 Å². The van der Waals surface area contributed by atoms with Crippen molar-refractivity contribution in [1.82, 2.24) is 5.32 Å². The lowest BCUT2D eigenvalue weighted by Gasteiger charge is -2.43. The van der Waals surface area contributed by atoms with E-state index in [4.69, 9.17) is 18.9 Å². The van der Waals surface area contributed by atoms with Gasteiger partial charge in [0.2, 0.25) is 5.91 Å². The second-order valence-electron chi connectivity index (χ2n) is 5.24. The van der Waals surface area contributed by atoms with Crippen molar-refractivity contribution in [2.45, 2.75) is 58.3 Å². The Labute approximate surface area is 138 Å². The largest absolute Gasteiger partial charge is 0.463 e. The van der Waals surface area contributed by atoms with Crippen LogP contribution in [-0.4, -0.2) is 66.2 Å². The van der Waals surface area contributed by atoms with Crippen molar-refractivity contribution in [2.24, 2.45) is 0 Å². The highest BCUT2D eigenvalue weighted by Gasteiger charge is 2.50. The van der Waals surface area contributed by atoms with Gasteiger partial charge in [-0.15, -0.1) is 0 Å². The molecule has 5 atom stereocenters. The molecule has 0 aromatic rings. The highest BCUT2D eigenvalue weighted by atomic mass is 16.7. The Morgan fingerprint density at radius 3 is 1.96 bits per heavy atom. The average molecular weight is 347 g/mol. The molecule has 0 bridgehead atoms. The first-order valence-electron chi connectivity index (χ1n) is 7.20. The van der Waals surface area contributed by atoms with Crippen LogP contribution in [0.25, 0.3) is 0 Å². The molecule has 1 rings (SSSR count). The average Bonchev–Trinajstić information content (AvgIpc) is 2.42. The van der Waals surface area contributed by atoms with E-state index in [2.05, 4.69) is 5.32 Å². The van der Waals surface area contributed by atoms with Gasteiger partial charge < -0.3 is 29.4 Å². The first-order valence-corrected chi connectivity index (χ1v) is 7.20. The van der Waals surface area contributed by atoms with E-state index < -0.39 is 54.5 Å². The van der Waals surface area contributed by atoms with Gasteiger partial charge in [0.05, 0.1) is 0 Å². The summed E-state index contributed by atoms with van der Waals surface area (Å²) < 4.78 is 20.3. The van der Waals surface area contributed by atoms with E-state index >= 15 is 0 Å². The van der Waals surface area contributed by atoms with Gasteiger partial charge in [0.25, 0.3) is 0 Å². The molecule has 2 N–H and O–H groups in total. The van der Waals surface area contributed by atoms with Crippen molar-refractivity contribution in [2.75, 3.05) is 6.61 Å². The normalized spacial score (nSPS) is 29.3. The Hall–Kier alpha value is -2.20. The van der Waals surface area contributed by atoms with E-state index in [-0.39, 0.29) is 6.61 Å². The van der Waals surface area contributed by atoms with E-state index in [1.165, 1.54) is 13.8 Å². The maximum Gasteiger partial charge on any atom is 0.303 e. The van der Waals surface area contributed by atoms with Crippen molar-refractivity contribution in [3.05, 3.63) is 0 Å². The Morgan fingerprint density at radius 1 is 0.958 bits per heavy atom. The quantitative estimate of drug-likeness (QED) is 0.456. The summed E-state index contributed by atoms with van der Waals surface area (Å²) in [5.74, 6) is -2.54. The number of carbonyl (C=O) groups excluding carboxylic acids is 4. The van der Waals surface area contributed by atoms with Crippen LogP contribution in [0, 0.1) is 0 Å². The predicted octanol–water partition coefficient (Wildman–Crippen LogP) is -1.37. The van der Waals surface area contributed by atoms with Crippen LogP contribution >= 0.6 is 0 Å². The third-order valence-electron chi connectivity index (χ3n) is 3.09. The number of amides is 1. The van der Waals surface area contributed by atoms with Gasteiger partial charge in [0.15, 0.2) is 18.5 Å². The lowest BCUT2D eigenvalue weighted by molar-refractivity contribution is -0.264. The molecule has 136 valence electrons. The number of ether oxygens (including phenoxy) is 4. The summed E-state index contributed by atoms with van der Waals surface area (Å²) in [5.41, 5.74) is 0. The van der Waals surface area contributed by atoms with Crippen molar-refractivity contribution in [3.63, 3.8) is 0 Å². The van der Waals surface area contributed by atoms with Gasteiger partial charge in [-0.3, -0.25) is 19.2 Å². The van der Waals surface area contributed by atoms with E-state index in [9.17, 15) is 24.3 Å². The van der Waals surface area contributed by atoms with Gasteiger partial charge in [-0.2, -0.15) is 0 Å². The molecule has 1 aliphatic rings. The van der Waals surface area contributed by atoms with Crippen molar-refractivity contribution in [1.29, 1.82) is 0 Å². The van der Waals surface area contributed by atoms with E-state index in [0.29, 0.717) is 0 Å². The zero-order valence-corrected chi connectivity index (χ0v) is 13.8. The van der Waals surface area contributed by atoms with Gasteiger partial charge in [0, 0.05) is 27.7 Å². The molecule has 0 unspecified atom stereocenters. The number of hydrogen-bond acceptors (Lipinski definition) is 9. The SMILES string of the molecule is CC(=O)N[C@H]1[C@@H](OC(C)=O)[C@H](OC(C)=O)[C@H](COC(C)=O)O[C@@H]1O. The molecule has 1 heterocycles. The summed E-state index contributed by atoms with van der Waals surface area (Å²) in [6, 6.07) is -1.16. The van der Waals surface area contributed by atoms with Crippen LogP contribution in [0.1, 0.15) is 27.7 Å². The molecule has 0 aliphatic carbocycles. The summed E-state index contributed by atoms with van der Waals surface area (Å²) in [6.45, 7) is 4.28. The molecule has 1 amide bonds. The number of nitrogens with one attached hydrogen (secondary N) is 1. The first-order chi connectivity index (χ1) is 11.1. The van der Waals surface area contributed by atoms with E-state index in [0.717, 1.165) is 13.8 Å². The number of carbonyl (C=O) groups is 4. The van der Waals surface area contributed by atoms with E-state index in [1.54, 1.807) is 0 Å². The summed E-state index contributed by atoms with van der Waals surface area (Å²) in [7, 11) is 0. The monoisotopic (exact) mass is 347 g/mol. The fraction of sp³-hybridized carbons (Fsp3) is 0.714. The fourth-order valence-electron chi connectivity index (χ4n) is 2.31. The predicted molar refractivity (Wildman–Crippen MR) is 76.2 cm³/mol. The Balaban J connectivity index is 3.11. The van der Waals surface area contributed by atoms with Crippen molar-refractivity contribution in [3.8, 4) is 0 Å². The first kappa shape index (κ1) is 19.8. The molecule has 0 spiro atoms. The highest BCUT2D eigenvalue weighted by molar-refractivity contribution is 5.73. The fourth-order valence-corrected chi connectivity index (χ4v) is 2.31. The zero-order valence-electron chi connectivity index (χ0n) is 13.8. The van der Waals surface area contributed by atoms with Crippen LogP contribution in [-0.2, 0) is 38.1 Å². The van der Waals surface area contributed by atoms with Gasteiger partial charge in [-0.1, -0.05) is 0 Å². The maximum absolute atomic E-state index is 11.4. The topological polar surface area (TPSA) is 137 Å². The Kier molecular flexibility index (Phi) is 7.11. The van der Waals surface area contributed by atoms with Gasteiger partial charge >= 0.3 is 17.9 Å². The van der Waals surface area contributed by atoms with E-state index in [1.807, 2.05) is 0 Å². The lowest BCUT2D eigenvalue weighted by atomic mass is 9.96. The second kappa shape index (κ2) is 8.60. The Morgan fingerprint density at radius 2 is 1.50 bits per heavy atom. The molecule has 0 saturated carbocycles. The minimum Gasteiger partial charge on any atom is -0.463 e. The summed E-state index contributed by atoms with van der Waals surface area (Å²) >= 11 is 0. The van der Waals surface area contributed by atoms with Crippen LogP contribution in [0.4, 0.5) is 0 Å². The number of aliphatic hydroxyl groups is 1. The molecule has 10 heteroatoms. The number of hydrogen-bond donors (Lipinski definition) is 2. The van der Waals surface area contributed by atoms with Crippen molar-refractivity contribution >= 4 is 23.8 Å². The molecule has 0 aromatic heterocycles. The number of esters is 3. The molecule has 1 aliphatic heterocycles. The molecule has 0 radical (unpaired) electrons. The lowest BCUT2D eigenvalue weighted by Crippen LogP contribution is -2.66. The molecule has 1 fully saturated rings. The third kappa shape index (κ3) is 5.78.